The maximum Gasteiger partial charge on any atom is 0.120 e. The first kappa shape index (κ1) is 27.3. The van der Waals surface area contributed by atoms with Crippen LogP contribution in [0.5, 0.6) is 11.5 Å². The van der Waals surface area contributed by atoms with Gasteiger partial charge in [0.05, 0.1) is 20.8 Å². The Morgan fingerprint density at radius 3 is 1.54 bits per heavy atom. The highest BCUT2D eigenvalue weighted by Gasteiger charge is 1.97. The number of aliphatic hydroxyl groups excluding tert-OH is 1. The average Bonchev–Trinajstić information content (AvgIpc) is 2.60. The van der Waals surface area contributed by atoms with Crippen LogP contribution in [-0.4, -0.2) is 19.3 Å². The summed E-state index contributed by atoms with van der Waals surface area (Å²) in [6.07, 6.45) is 0. The van der Waals surface area contributed by atoms with Crippen molar-refractivity contribution in [3.8, 4) is 11.5 Å². The van der Waals surface area contributed by atoms with Crippen LogP contribution in [0.15, 0.2) is 45.3 Å². The van der Waals surface area contributed by atoms with E-state index in [9.17, 15) is 0 Å². The van der Waals surface area contributed by atoms with Crippen molar-refractivity contribution in [3.05, 3.63) is 56.5 Å². The number of rotatable bonds is 4. The van der Waals surface area contributed by atoms with E-state index in [0.29, 0.717) is 0 Å². The lowest BCUT2D eigenvalue weighted by atomic mass is 10.2. The molecule has 0 fully saturated rings. The predicted octanol–water partition coefficient (Wildman–Crippen LogP) is 8.70. The van der Waals surface area contributed by atoms with E-state index >= 15 is 0 Å². The van der Waals surface area contributed by atoms with Gasteiger partial charge in [-0.15, -0.1) is 0 Å². The number of alkyl halides is 1. The zero-order chi connectivity index (χ0) is 20.1. The largest absolute Gasteiger partial charge is 0.497 e. The number of aliphatic hydroxyl groups is 1. The van der Waals surface area contributed by atoms with E-state index < -0.39 is 0 Å². The third-order valence-electron chi connectivity index (χ3n) is 2.67. The molecule has 3 nitrogen and oxygen atoms in total. The lowest BCUT2D eigenvalue weighted by Gasteiger charge is -2.02. The minimum atomic E-state index is -0.183. The fraction of sp³-hybridized carbons (Fsp3) is 0.250. The molecule has 0 aromatic heterocycles. The highest BCUT2D eigenvalue weighted by atomic mass is 80.0. The second-order valence-electron chi connectivity index (χ2n) is 4.48. The van der Waals surface area contributed by atoms with Gasteiger partial charge in [-0.1, -0.05) is 47.8 Å². The van der Waals surface area contributed by atoms with E-state index in [1.54, 1.807) is 20.3 Å². The summed E-state index contributed by atoms with van der Waals surface area (Å²) in [6.45, 7) is 0.0375. The van der Waals surface area contributed by atoms with E-state index in [1.807, 2.05) is 24.3 Å². The number of halogens is 6. The molecule has 0 aliphatic heterocycles. The van der Waals surface area contributed by atoms with Crippen LogP contribution in [-0.2, 0) is 11.9 Å². The van der Waals surface area contributed by atoms with Gasteiger partial charge in [0, 0.05) is 14.3 Å². The number of ether oxygens (including phenoxy) is 2. The Bertz CT molecular complexity index is 557. The SMILES string of the molecule is BrP(Br)Br.COc1cc(Br)cc(CBr)c1.COc1cc(Br)cc(CO)c1. The molecular formula is C16H17Br6O3P. The number of hydrogen-bond donors (Lipinski definition) is 1. The van der Waals surface area contributed by atoms with Crippen LogP contribution in [0.4, 0.5) is 0 Å². The first-order valence-corrected chi connectivity index (χ1v) is 17.0. The minimum Gasteiger partial charge on any atom is -0.497 e. The standard InChI is InChI=1S/C8H8Br2O.C8H9BrO2.Br3P/c1-11-8-3-6(5-9)2-7(10)4-8;1-11-8-3-6(5-10)2-7(9)4-8;1-4(2)3/h2-4H,5H2,1H3;2-4,10H,5H2,1H3;. The maximum absolute atomic E-state index is 8.81. The second-order valence-corrected chi connectivity index (χ2v) is 22.2. The van der Waals surface area contributed by atoms with Gasteiger partial charge >= 0.3 is 0 Å². The highest BCUT2D eigenvalue weighted by Crippen LogP contribution is 2.59. The molecule has 0 heterocycles. The summed E-state index contributed by atoms with van der Waals surface area (Å²) in [6, 6.07) is 11.5. The first-order chi connectivity index (χ1) is 12.2. The van der Waals surface area contributed by atoms with Gasteiger partial charge in [0.25, 0.3) is 0 Å². The number of methoxy groups -OCH3 is 2. The van der Waals surface area contributed by atoms with Crippen LogP contribution in [0.3, 0.4) is 0 Å². The fourth-order valence-electron chi connectivity index (χ4n) is 1.65. The van der Waals surface area contributed by atoms with Gasteiger partial charge in [-0.2, -0.15) is 0 Å². The molecule has 0 aliphatic rings. The summed E-state index contributed by atoms with van der Waals surface area (Å²) in [5.41, 5.74) is 2.05. The van der Waals surface area contributed by atoms with E-state index in [4.69, 9.17) is 14.6 Å². The maximum atomic E-state index is 8.81. The summed E-state index contributed by atoms with van der Waals surface area (Å²) >= 11 is 19.6. The van der Waals surface area contributed by atoms with E-state index in [-0.39, 0.29) is 10.6 Å². The Morgan fingerprint density at radius 1 is 0.808 bits per heavy atom. The third-order valence-corrected chi connectivity index (χ3v) is 4.23. The molecule has 0 radical (unpaired) electrons. The molecule has 0 saturated heterocycles. The Balaban J connectivity index is 0.000000401. The van der Waals surface area contributed by atoms with Crippen LogP contribution in [0.25, 0.3) is 0 Å². The Labute approximate surface area is 205 Å². The zero-order valence-corrected chi connectivity index (χ0v) is 24.3. The molecule has 2 aromatic rings. The monoisotopic (exact) mass is 762 g/mol. The van der Waals surface area contributed by atoms with Crippen molar-refractivity contribution in [1.29, 1.82) is 0 Å². The van der Waals surface area contributed by atoms with Crippen molar-refractivity contribution in [3.63, 3.8) is 0 Å². The summed E-state index contributed by atoms with van der Waals surface area (Å²) < 4.78 is 11.9. The molecule has 2 aromatic carbocycles. The van der Waals surface area contributed by atoms with Crippen LogP contribution in [0, 0.1) is 0 Å². The summed E-state index contributed by atoms with van der Waals surface area (Å²) in [5, 5.41) is 9.66. The smallest absolute Gasteiger partial charge is 0.120 e. The Morgan fingerprint density at radius 2 is 1.19 bits per heavy atom. The van der Waals surface area contributed by atoms with Crippen LogP contribution in [0.1, 0.15) is 11.1 Å². The van der Waals surface area contributed by atoms with Gasteiger partial charge in [-0.3, -0.25) is 0 Å². The Hall–Kier alpha value is 1.31. The van der Waals surface area contributed by atoms with Crippen molar-refractivity contribution < 1.29 is 14.6 Å². The summed E-state index contributed by atoms with van der Waals surface area (Å²) in [4.78, 5) is 0. The molecule has 0 unspecified atom stereocenters. The van der Waals surface area contributed by atoms with E-state index in [0.717, 1.165) is 31.3 Å². The van der Waals surface area contributed by atoms with Crippen molar-refractivity contribution in [2.24, 2.45) is 0 Å². The minimum absolute atomic E-state index is 0.0375. The van der Waals surface area contributed by atoms with Crippen LogP contribution < -0.4 is 9.47 Å². The average molecular weight is 768 g/mol. The van der Waals surface area contributed by atoms with E-state index in [2.05, 4.69) is 100 Å². The predicted molar refractivity (Wildman–Crippen MR) is 134 cm³/mol. The molecule has 0 spiro atoms. The molecule has 26 heavy (non-hydrogen) atoms. The van der Waals surface area contributed by atoms with Gasteiger partial charge in [0.1, 0.15) is 15.5 Å². The van der Waals surface area contributed by atoms with Gasteiger partial charge < -0.3 is 14.6 Å². The molecule has 2 rings (SSSR count). The van der Waals surface area contributed by atoms with Crippen LogP contribution >= 0.6 is 98.3 Å². The molecule has 1 N–H and O–H groups in total. The summed E-state index contributed by atoms with van der Waals surface area (Å²) in [7, 11) is 3.27. The summed E-state index contributed by atoms with van der Waals surface area (Å²) in [5.74, 6) is 1.64. The van der Waals surface area contributed by atoms with Gasteiger partial charge in [-0.05, 0) is 94.0 Å². The van der Waals surface area contributed by atoms with Crippen molar-refractivity contribution in [2.75, 3.05) is 14.2 Å². The van der Waals surface area contributed by atoms with Crippen molar-refractivity contribution in [1.82, 2.24) is 0 Å². The number of benzene rings is 2. The molecule has 0 atom stereocenters. The van der Waals surface area contributed by atoms with Gasteiger partial charge in [0.2, 0.25) is 0 Å². The molecular weight excluding hydrogens is 751 g/mol. The molecule has 10 heteroatoms. The molecule has 146 valence electrons. The molecule has 0 bridgehead atoms. The molecule has 0 saturated carbocycles. The lowest BCUT2D eigenvalue weighted by molar-refractivity contribution is 0.281. The molecule has 0 aliphatic carbocycles. The van der Waals surface area contributed by atoms with Gasteiger partial charge in [0.15, 0.2) is 0 Å². The number of hydrogen-bond acceptors (Lipinski definition) is 3. The third kappa shape index (κ3) is 13.5. The normalized spacial score (nSPS) is 9.62. The fourth-order valence-corrected chi connectivity index (χ4v) is 3.01. The topological polar surface area (TPSA) is 38.7 Å². The second kappa shape index (κ2) is 16.1. The quantitative estimate of drug-likeness (QED) is 0.250. The van der Waals surface area contributed by atoms with Gasteiger partial charge in [-0.25, -0.2) is 0 Å². The van der Waals surface area contributed by atoms with E-state index in [1.165, 1.54) is 5.56 Å². The first-order valence-electron chi connectivity index (χ1n) is 6.86. The molecule has 0 amide bonds. The van der Waals surface area contributed by atoms with Crippen molar-refractivity contribution in [2.45, 2.75) is 11.9 Å². The lowest BCUT2D eigenvalue weighted by Crippen LogP contribution is -1.87. The van der Waals surface area contributed by atoms with Crippen molar-refractivity contribution >= 4 is 98.3 Å². The van der Waals surface area contributed by atoms with Crippen LogP contribution in [0.2, 0.25) is 0 Å². The Kier molecular flexibility index (Phi) is 17.0. The zero-order valence-electron chi connectivity index (χ0n) is 13.9. The highest BCUT2D eigenvalue weighted by molar-refractivity contribution is 9.93.